The topological polar surface area (TPSA) is 34.4 Å². The first-order valence-electron chi connectivity index (χ1n) is 6.87. The van der Waals surface area contributed by atoms with E-state index in [1.165, 1.54) is 4.90 Å². The van der Waals surface area contributed by atoms with Gasteiger partial charge >= 0.3 is 0 Å². The lowest BCUT2D eigenvalue weighted by Gasteiger charge is -2.03. The van der Waals surface area contributed by atoms with Crippen LogP contribution in [0.4, 0.5) is 0 Å². The van der Waals surface area contributed by atoms with Crippen LogP contribution in [0.5, 0.6) is 5.75 Å². The maximum absolute atomic E-state index is 5.79. The molecule has 0 unspecified atom stereocenters. The van der Waals surface area contributed by atoms with Crippen LogP contribution in [0.25, 0.3) is 0 Å². The Hall–Kier alpha value is -1.39. The van der Waals surface area contributed by atoms with E-state index in [1.807, 2.05) is 24.3 Å². The molecule has 1 aromatic carbocycles. The van der Waals surface area contributed by atoms with Gasteiger partial charge in [-0.05, 0) is 43.3 Å². The average Bonchev–Trinajstić information content (AvgIpc) is 2.94. The van der Waals surface area contributed by atoms with Crippen molar-refractivity contribution in [3.8, 4) is 5.75 Å². The van der Waals surface area contributed by atoms with E-state index in [0.29, 0.717) is 0 Å². The van der Waals surface area contributed by atoms with Gasteiger partial charge in [0, 0.05) is 4.90 Å². The van der Waals surface area contributed by atoms with E-state index in [1.54, 1.807) is 18.9 Å². The molecular formula is C16H21NO2S. The number of benzene rings is 1. The number of nitrogens with one attached hydrogen (secondary N) is 1. The SMILES string of the molecule is CCCNCc1ccc(CSc2cccc(OC)c2)o1. The molecule has 0 radical (unpaired) electrons. The Bertz CT molecular complexity index is 525. The van der Waals surface area contributed by atoms with Crippen molar-refractivity contribution in [2.45, 2.75) is 30.5 Å². The predicted molar refractivity (Wildman–Crippen MR) is 83.3 cm³/mol. The maximum atomic E-state index is 5.79. The number of hydrogen-bond donors (Lipinski definition) is 1. The molecule has 2 aromatic rings. The molecule has 0 amide bonds. The Morgan fingerprint density at radius 1 is 1.20 bits per heavy atom. The van der Waals surface area contributed by atoms with Gasteiger partial charge in [-0.1, -0.05) is 13.0 Å². The van der Waals surface area contributed by atoms with Gasteiger partial charge in [0.05, 0.1) is 19.4 Å². The zero-order valence-electron chi connectivity index (χ0n) is 12.0. The molecule has 20 heavy (non-hydrogen) atoms. The highest BCUT2D eigenvalue weighted by atomic mass is 32.2. The smallest absolute Gasteiger partial charge is 0.119 e. The summed E-state index contributed by atoms with van der Waals surface area (Å²) in [7, 11) is 1.69. The Balaban J connectivity index is 1.84. The molecule has 1 aromatic heterocycles. The summed E-state index contributed by atoms with van der Waals surface area (Å²) in [6, 6.07) is 12.2. The fraction of sp³-hybridized carbons (Fsp3) is 0.375. The number of methoxy groups -OCH3 is 1. The quantitative estimate of drug-likeness (QED) is 0.587. The van der Waals surface area contributed by atoms with Crippen LogP contribution in [0.2, 0.25) is 0 Å². The first kappa shape index (κ1) is 15.0. The van der Waals surface area contributed by atoms with Gasteiger partial charge in [-0.15, -0.1) is 11.8 Å². The van der Waals surface area contributed by atoms with Gasteiger partial charge in [0.15, 0.2) is 0 Å². The lowest BCUT2D eigenvalue weighted by molar-refractivity contribution is 0.413. The summed E-state index contributed by atoms with van der Waals surface area (Å²) < 4.78 is 11.0. The second-order valence-electron chi connectivity index (χ2n) is 4.51. The summed E-state index contributed by atoms with van der Waals surface area (Å²) in [4.78, 5) is 1.19. The highest BCUT2D eigenvalue weighted by Gasteiger charge is 2.03. The second-order valence-corrected chi connectivity index (χ2v) is 5.56. The highest BCUT2D eigenvalue weighted by molar-refractivity contribution is 7.98. The summed E-state index contributed by atoms with van der Waals surface area (Å²) in [5.74, 6) is 3.73. The number of ether oxygens (including phenoxy) is 1. The van der Waals surface area contributed by atoms with Crippen LogP contribution in [0.1, 0.15) is 24.9 Å². The maximum Gasteiger partial charge on any atom is 0.119 e. The average molecular weight is 291 g/mol. The van der Waals surface area contributed by atoms with Gasteiger partial charge in [-0.25, -0.2) is 0 Å². The molecule has 1 N–H and O–H groups in total. The van der Waals surface area contributed by atoms with E-state index in [4.69, 9.17) is 9.15 Å². The van der Waals surface area contributed by atoms with E-state index in [0.717, 1.165) is 42.5 Å². The molecule has 0 aliphatic carbocycles. The Kier molecular flexibility index (Phi) is 6.02. The predicted octanol–water partition coefficient (Wildman–Crippen LogP) is 4.08. The molecule has 0 saturated carbocycles. The molecule has 0 fully saturated rings. The van der Waals surface area contributed by atoms with Crippen LogP contribution < -0.4 is 10.1 Å². The Morgan fingerprint density at radius 3 is 2.85 bits per heavy atom. The first-order valence-corrected chi connectivity index (χ1v) is 7.85. The molecule has 4 heteroatoms. The molecule has 0 aliphatic heterocycles. The Labute approximate surface area is 124 Å². The molecule has 108 valence electrons. The molecule has 0 atom stereocenters. The van der Waals surface area contributed by atoms with E-state index in [2.05, 4.69) is 24.4 Å². The Morgan fingerprint density at radius 2 is 2.05 bits per heavy atom. The van der Waals surface area contributed by atoms with Crippen molar-refractivity contribution in [1.82, 2.24) is 5.32 Å². The van der Waals surface area contributed by atoms with Crippen LogP contribution in [0.3, 0.4) is 0 Å². The number of rotatable bonds is 8. The summed E-state index contributed by atoms with van der Waals surface area (Å²) in [5.41, 5.74) is 0. The van der Waals surface area contributed by atoms with Gasteiger partial charge in [0.2, 0.25) is 0 Å². The van der Waals surface area contributed by atoms with Crippen LogP contribution in [0.15, 0.2) is 45.7 Å². The lowest BCUT2D eigenvalue weighted by atomic mass is 10.3. The highest BCUT2D eigenvalue weighted by Crippen LogP contribution is 2.26. The van der Waals surface area contributed by atoms with Crippen molar-refractivity contribution < 1.29 is 9.15 Å². The molecule has 1 heterocycles. The van der Waals surface area contributed by atoms with Crippen molar-refractivity contribution in [1.29, 1.82) is 0 Å². The van der Waals surface area contributed by atoms with Gasteiger partial charge in [0.1, 0.15) is 17.3 Å². The van der Waals surface area contributed by atoms with Crippen LogP contribution in [0, 0.1) is 0 Å². The zero-order chi connectivity index (χ0) is 14.2. The molecule has 0 saturated heterocycles. The first-order chi connectivity index (χ1) is 9.81. The van der Waals surface area contributed by atoms with Crippen molar-refractivity contribution in [2.75, 3.05) is 13.7 Å². The van der Waals surface area contributed by atoms with E-state index in [-0.39, 0.29) is 0 Å². The summed E-state index contributed by atoms with van der Waals surface area (Å²) >= 11 is 1.75. The molecule has 0 aliphatic rings. The largest absolute Gasteiger partial charge is 0.497 e. The fourth-order valence-electron chi connectivity index (χ4n) is 1.83. The van der Waals surface area contributed by atoms with Crippen LogP contribution in [-0.2, 0) is 12.3 Å². The minimum Gasteiger partial charge on any atom is -0.497 e. The summed E-state index contributed by atoms with van der Waals surface area (Å²) in [6.45, 7) is 3.98. The normalized spacial score (nSPS) is 10.7. The van der Waals surface area contributed by atoms with E-state index in [9.17, 15) is 0 Å². The number of furan rings is 1. The second kappa shape index (κ2) is 8.02. The third kappa shape index (κ3) is 4.62. The third-order valence-electron chi connectivity index (χ3n) is 2.87. The monoisotopic (exact) mass is 291 g/mol. The van der Waals surface area contributed by atoms with Gasteiger partial charge in [-0.2, -0.15) is 0 Å². The van der Waals surface area contributed by atoms with Crippen molar-refractivity contribution in [3.05, 3.63) is 47.9 Å². The number of thioether (sulfide) groups is 1. The van der Waals surface area contributed by atoms with Gasteiger partial charge < -0.3 is 14.5 Å². The standard InChI is InChI=1S/C16H21NO2S/c1-3-9-17-11-14-7-8-15(19-14)12-20-16-6-4-5-13(10-16)18-2/h4-8,10,17H,3,9,11-12H2,1-2H3. The summed E-state index contributed by atoms with van der Waals surface area (Å²) in [5, 5.41) is 3.34. The third-order valence-corrected chi connectivity index (χ3v) is 3.88. The van der Waals surface area contributed by atoms with Crippen LogP contribution >= 0.6 is 11.8 Å². The van der Waals surface area contributed by atoms with E-state index >= 15 is 0 Å². The molecule has 3 nitrogen and oxygen atoms in total. The number of hydrogen-bond acceptors (Lipinski definition) is 4. The summed E-state index contributed by atoms with van der Waals surface area (Å²) in [6.07, 6.45) is 1.14. The molecule has 0 spiro atoms. The van der Waals surface area contributed by atoms with Gasteiger partial charge in [-0.3, -0.25) is 0 Å². The minimum atomic E-state index is 0.803. The van der Waals surface area contributed by atoms with Crippen LogP contribution in [-0.4, -0.2) is 13.7 Å². The molecule has 2 rings (SSSR count). The van der Waals surface area contributed by atoms with E-state index < -0.39 is 0 Å². The van der Waals surface area contributed by atoms with Gasteiger partial charge in [0.25, 0.3) is 0 Å². The zero-order valence-corrected chi connectivity index (χ0v) is 12.8. The van der Waals surface area contributed by atoms with Crippen molar-refractivity contribution in [3.63, 3.8) is 0 Å². The van der Waals surface area contributed by atoms with Crippen molar-refractivity contribution >= 4 is 11.8 Å². The minimum absolute atomic E-state index is 0.803. The molecule has 0 bridgehead atoms. The molecular weight excluding hydrogens is 270 g/mol. The lowest BCUT2D eigenvalue weighted by Crippen LogP contribution is -2.12. The fourth-order valence-corrected chi connectivity index (χ4v) is 2.67. The van der Waals surface area contributed by atoms with Crippen molar-refractivity contribution in [2.24, 2.45) is 0 Å².